The summed E-state index contributed by atoms with van der Waals surface area (Å²) in [7, 11) is -3.37. The fraction of sp³-hybridized carbons (Fsp3) is 0.389. The van der Waals surface area contributed by atoms with E-state index in [0.29, 0.717) is 30.4 Å². The van der Waals surface area contributed by atoms with Crippen LogP contribution in [0.3, 0.4) is 0 Å². The van der Waals surface area contributed by atoms with Gasteiger partial charge in [-0.2, -0.15) is 0 Å². The van der Waals surface area contributed by atoms with Gasteiger partial charge in [-0.25, -0.2) is 26.6 Å². The van der Waals surface area contributed by atoms with Gasteiger partial charge >= 0.3 is 0 Å². The van der Waals surface area contributed by atoms with Gasteiger partial charge in [0.05, 0.1) is 15.9 Å². The minimum atomic E-state index is -3.37. The fourth-order valence-corrected chi connectivity index (χ4v) is 4.59. The zero-order chi connectivity index (χ0) is 19.5. The number of imidazole rings is 1. The van der Waals surface area contributed by atoms with Crippen molar-refractivity contribution in [1.82, 2.24) is 9.55 Å². The van der Waals surface area contributed by atoms with Crippen molar-refractivity contribution in [3.05, 3.63) is 47.6 Å². The highest BCUT2D eigenvalue weighted by molar-refractivity contribution is 7.90. The number of fused-ring (bicyclic) bond motifs is 3. The summed E-state index contributed by atoms with van der Waals surface area (Å²) in [5.41, 5.74) is 7.50. The Bertz CT molecular complexity index is 1100. The van der Waals surface area contributed by atoms with Crippen LogP contribution in [0, 0.1) is 11.8 Å². The summed E-state index contributed by atoms with van der Waals surface area (Å²) in [4.78, 5) is 4.65. The number of allylic oxidation sites excluding steroid dienone is 4. The van der Waals surface area contributed by atoms with Crippen molar-refractivity contribution in [1.29, 1.82) is 0 Å². The van der Waals surface area contributed by atoms with E-state index >= 15 is 0 Å². The molecule has 4 rings (SSSR count). The molecule has 27 heavy (non-hydrogen) atoms. The maximum absolute atomic E-state index is 14.3. The van der Waals surface area contributed by atoms with Crippen molar-refractivity contribution in [2.75, 3.05) is 6.26 Å². The van der Waals surface area contributed by atoms with Crippen LogP contribution in [0.1, 0.15) is 12.2 Å². The van der Waals surface area contributed by atoms with Gasteiger partial charge in [-0.05, 0) is 24.1 Å². The first-order valence-electron chi connectivity index (χ1n) is 8.51. The van der Waals surface area contributed by atoms with Crippen molar-refractivity contribution in [3.63, 3.8) is 0 Å². The zero-order valence-electron chi connectivity index (χ0n) is 14.5. The molecule has 144 valence electrons. The lowest BCUT2D eigenvalue weighted by atomic mass is 9.77. The molecule has 2 unspecified atom stereocenters. The number of hydrogen-bond donors (Lipinski definition) is 1. The van der Waals surface area contributed by atoms with Gasteiger partial charge in [-0.3, -0.25) is 0 Å². The molecule has 5 nitrogen and oxygen atoms in total. The molecule has 1 aromatic heterocycles. The van der Waals surface area contributed by atoms with Crippen LogP contribution in [-0.4, -0.2) is 30.3 Å². The zero-order valence-corrected chi connectivity index (χ0v) is 15.3. The van der Waals surface area contributed by atoms with E-state index in [2.05, 4.69) is 4.98 Å². The summed E-state index contributed by atoms with van der Waals surface area (Å²) in [5, 5.41) is 0. The van der Waals surface area contributed by atoms with Crippen molar-refractivity contribution >= 4 is 20.9 Å². The van der Waals surface area contributed by atoms with Gasteiger partial charge in [0, 0.05) is 43.7 Å². The molecule has 1 aliphatic heterocycles. The average molecular weight is 397 g/mol. The summed E-state index contributed by atoms with van der Waals surface area (Å²) < 4.78 is 66.6. The Morgan fingerprint density at radius 2 is 1.96 bits per heavy atom. The maximum atomic E-state index is 14.3. The van der Waals surface area contributed by atoms with Gasteiger partial charge in [0.1, 0.15) is 17.5 Å². The molecule has 1 aromatic carbocycles. The number of rotatable bonds is 2. The molecule has 0 radical (unpaired) electrons. The average Bonchev–Trinajstić information content (AvgIpc) is 2.93. The van der Waals surface area contributed by atoms with Crippen molar-refractivity contribution < 1.29 is 21.6 Å². The number of benzene rings is 1. The first-order chi connectivity index (χ1) is 12.6. The molecule has 2 aliphatic rings. The Balaban J connectivity index is 1.71. The molecule has 2 N–H and O–H groups in total. The molecule has 0 saturated carbocycles. The van der Waals surface area contributed by atoms with Gasteiger partial charge in [-0.15, -0.1) is 0 Å². The SMILES string of the molecule is CS(=O)(=O)c1ccc2c(c1)nc1n2CC(N)[C@@H](C2CC(F)=C(F)C=C2F)C1. The van der Waals surface area contributed by atoms with Crippen LogP contribution in [0.4, 0.5) is 13.2 Å². The van der Waals surface area contributed by atoms with Crippen molar-refractivity contribution in [3.8, 4) is 0 Å². The number of nitrogens with zero attached hydrogens (tertiary/aromatic N) is 2. The quantitative estimate of drug-likeness (QED) is 0.845. The van der Waals surface area contributed by atoms with Crippen molar-refractivity contribution in [2.24, 2.45) is 17.6 Å². The predicted molar refractivity (Wildman–Crippen MR) is 94.6 cm³/mol. The molecule has 0 fully saturated rings. The molecular weight excluding hydrogens is 379 g/mol. The normalized spacial score (nSPS) is 26.3. The Morgan fingerprint density at radius 1 is 1.22 bits per heavy atom. The second kappa shape index (κ2) is 6.20. The number of sulfone groups is 1. The second-order valence-electron chi connectivity index (χ2n) is 7.19. The number of nitrogens with two attached hydrogens (primary N) is 1. The van der Waals surface area contributed by atoms with Crippen LogP contribution in [0.25, 0.3) is 11.0 Å². The van der Waals surface area contributed by atoms with Gasteiger partial charge in [0.25, 0.3) is 0 Å². The summed E-state index contributed by atoms with van der Waals surface area (Å²) in [5.74, 6) is -3.48. The molecule has 2 aromatic rings. The summed E-state index contributed by atoms with van der Waals surface area (Å²) in [6.45, 7) is 0.340. The lowest BCUT2D eigenvalue weighted by Crippen LogP contribution is -2.44. The largest absolute Gasteiger partial charge is 0.326 e. The molecule has 0 bridgehead atoms. The predicted octanol–water partition coefficient (Wildman–Crippen LogP) is 2.96. The van der Waals surface area contributed by atoms with Crippen molar-refractivity contribution in [2.45, 2.75) is 30.3 Å². The van der Waals surface area contributed by atoms with Crippen LogP contribution in [0.15, 0.2) is 46.7 Å². The van der Waals surface area contributed by atoms with E-state index in [0.717, 1.165) is 11.8 Å². The molecule has 0 saturated heterocycles. The Kier molecular flexibility index (Phi) is 4.19. The van der Waals surface area contributed by atoms with E-state index in [4.69, 9.17) is 5.73 Å². The highest BCUT2D eigenvalue weighted by atomic mass is 32.2. The van der Waals surface area contributed by atoms with E-state index < -0.39 is 45.2 Å². The van der Waals surface area contributed by atoms with E-state index in [9.17, 15) is 21.6 Å². The minimum absolute atomic E-state index is 0.162. The summed E-state index contributed by atoms with van der Waals surface area (Å²) >= 11 is 0. The molecule has 9 heteroatoms. The first-order valence-corrected chi connectivity index (χ1v) is 10.4. The molecule has 3 atom stereocenters. The topological polar surface area (TPSA) is 78.0 Å². The molecule has 1 aliphatic carbocycles. The molecular formula is C18H18F3N3O2S. The number of aromatic nitrogens is 2. The van der Waals surface area contributed by atoms with Gasteiger partial charge < -0.3 is 10.3 Å². The first kappa shape index (κ1) is 18.2. The Hall–Kier alpha value is -2.13. The molecule has 0 spiro atoms. The van der Waals surface area contributed by atoms with Gasteiger partial charge in [0.15, 0.2) is 15.7 Å². The van der Waals surface area contributed by atoms with Crippen LogP contribution < -0.4 is 5.73 Å². The van der Waals surface area contributed by atoms with Crippen LogP contribution in [0.5, 0.6) is 0 Å². The highest BCUT2D eigenvalue weighted by Crippen LogP contribution is 2.40. The third kappa shape index (κ3) is 3.08. The third-order valence-corrected chi connectivity index (χ3v) is 6.49. The summed E-state index contributed by atoms with van der Waals surface area (Å²) in [6, 6.07) is 4.21. The van der Waals surface area contributed by atoms with Crippen LogP contribution >= 0.6 is 0 Å². The lowest BCUT2D eigenvalue weighted by Gasteiger charge is -2.35. The monoisotopic (exact) mass is 397 g/mol. The number of halogens is 3. The van der Waals surface area contributed by atoms with Crippen LogP contribution in [-0.2, 0) is 22.8 Å². The van der Waals surface area contributed by atoms with E-state index in [-0.39, 0.29) is 11.3 Å². The number of hydrogen-bond acceptors (Lipinski definition) is 4. The van der Waals surface area contributed by atoms with E-state index in [1.807, 2.05) is 4.57 Å². The van der Waals surface area contributed by atoms with Gasteiger partial charge in [0.2, 0.25) is 0 Å². The Labute approximate surface area is 154 Å². The van der Waals surface area contributed by atoms with E-state index in [1.165, 1.54) is 12.1 Å². The smallest absolute Gasteiger partial charge is 0.175 e. The standard InChI is InChI=1S/C18H18F3N3O2S/c1-27(25,26)9-2-3-17-16(4-9)23-18-6-11(15(22)8-24(17)18)10-5-13(20)14(21)7-12(10)19/h2-4,7,10-11,15H,5-6,8,22H2,1H3/t10?,11-,15?/m1/s1. The Morgan fingerprint density at radius 3 is 2.67 bits per heavy atom. The van der Waals surface area contributed by atoms with Gasteiger partial charge in [-0.1, -0.05) is 0 Å². The maximum Gasteiger partial charge on any atom is 0.175 e. The molecule has 2 heterocycles. The highest BCUT2D eigenvalue weighted by Gasteiger charge is 2.38. The summed E-state index contributed by atoms with van der Waals surface area (Å²) in [6.07, 6.45) is 1.65. The van der Waals surface area contributed by atoms with Crippen LogP contribution in [0.2, 0.25) is 0 Å². The van der Waals surface area contributed by atoms with E-state index in [1.54, 1.807) is 6.07 Å². The fourth-order valence-electron chi connectivity index (χ4n) is 3.95. The molecule has 0 amide bonds. The third-order valence-electron chi connectivity index (χ3n) is 5.38. The minimum Gasteiger partial charge on any atom is -0.326 e. The lowest BCUT2D eigenvalue weighted by molar-refractivity contribution is 0.217. The second-order valence-corrected chi connectivity index (χ2v) is 9.20.